The van der Waals surface area contributed by atoms with Gasteiger partial charge in [0.2, 0.25) is 0 Å². The number of hydrogen-bond acceptors (Lipinski definition) is 2. The fourth-order valence-corrected chi connectivity index (χ4v) is 1.93. The van der Waals surface area contributed by atoms with Crippen molar-refractivity contribution >= 4 is 15.9 Å². The van der Waals surface area contributed by atoms with Crippen molar-refractivity contribution in [2.24, 2.45) is 11.8 Å². The highest BCUT2D eigenvalue weighted by Crippen LogP contribution is 2.26. The maximum absolute atomic E-state index is 5.61. The Balaban J connectivity index is 2.97. The molecule has 84 valence electrons. The number of hydrogen-bond donors (Lipinski definition) is 2. The van der Waals surface area contributed by atoms with Crippen LogP contribution in [0.15, 0.2) is 22.7 Å². The Kier molecular flexibility index (Phi) is 4.77. The average Bonchev–Trinajstić information content (AvgIpc) is 2.24. The lowest BCUT2D eigenvalue weighted by atomic mass is 9.92. The van der Waals surface area contributed by atoms with Crippen molar-refractivity contribution in [1.82, 2.24) is 5.43 Å². The van der Waals surface area contributed by atoms with Crippen molar-refractivity contribution in [1.29, 1.82) is 0 Å². The first-order chi connectivity index (χ1) is 7.10. The monoisotopic (exact) mass is 270 g/mol. The fraction of sp³-hybridized carbons (Fsp3) is 0.500. The molecule has 0 amide bonds. The van der Waals surface area contributed by atoms with Crippen LogP contribution in [-0.4, -0.2) is 0 Å². The molecule has 0 saturated carbocycles. The second-order valence-electron chi connectivity index (χ2n) is 4.04. The predicted molar refractivity (Wildman–Crippen MR) is 68.4 cm³/mol. The Bertz CT molecular complexity index is 325. The lowest BCUT2D eigenvalue weighted by molar-refractivity contribution is 0.383. The molecule has 0 radical (unpaired) electrons. The predicted octanol–water partition coefficient (Wildman–Crippen LogP) is 3.31. The van der Waals surface area contributed by atoms with Gasteiger partial charge in [-0.05, 0) is 30.0 Å². The minimum atomic E-state index is 0.238. The zero-order chi connectivity index (χ0) is 11.4. The number of benzene rings is 1. The van der Waals surface area contributed by atoms with Gasteiger partial charge in [0.1, 0.15) is 0 Å². The van der Waals surface area contributed by atoms with E-state index >= 15 is 0 Å². The molecule has 15 heavy (non-hydrogen) atoms. The van der Waals surface area contributed by atoms with Crippen LogP contribution in [0, 0.1) is 12.8 Å². The second-order valence-corrected chi connectivity index (χ2v) is 4.89. The molecular weight excluding hydrogens is 252 g/mol. The number of nitrogens with two attached hydrogens (primary N) is 1. The van der Waals surface area contributed by atoms with E-state index in [1.165, 1.54) is 11.1 Å². The summed E-state index contributed by atoms with van der Waals surface area (Å²) in [5, 5.41) is 0. The van der Waals surface area contributed by atoms with Crippen LogP contribution in [0.25, 0.3) is 0 Å². The summed E-state index contributed by atoms with van der Waals surface area (Å²) in [5.74, 6) is 6.15. The molecule has 1 rings (SSSR count). The molecule has 0 heterocycles. The Labute approximate surface area is 100 Å². The van der Waals surface area contributed by atoms with Gasteiger partial charge in [-0.1, -0.05) is 48.3 Å². The maximum atomic E-state index is 5.61. The lowest BCUT2D eigenvalue weighted by Gasteiger charge is -2.23. The first-order valence-corrected chi connectivity index (χ1v) is 6.11. The van der Waals surface area contributed by atoms with Crippen molar-refractivity contribution in [3.8, 4) is 0 Å². The Morgan fingerprint density at radius 2 is 2.13 bits per heavy atom. The van der Waals surface area contributed by atoms with Crippen molar-refractivity contribution in [3.05, 3.63) is 33.8 Å². The molecule has 1 aromatic rings. The Hall–Kier alpha value is -0.380. The molecule has 0 bridgehead atoms. The van der Waals surface area contributed by atoms with Gasteiger partial charge in [-0.2, -0.15) is 0 Å². The van der Waals surface area contributed by atoms with Crippen LogP contribution in [0.3, 0.4) is 0 Å². The number of hydrazine groups is 1. The molecule has 0 aliphatic heterocycles. The fourth-order valence-electron chi connectivity index (χ4n) is 1.69. The third-order valence-corrected chi connectivity index (χ3v) is 3.82. The van der Waals surface area contributed by atoms with E-state index < -0.39 is 0 Å². The SMILES string of the molecule is CCC(C)C(NN)c1ccc(Br)c(C)c1. The highest BCUT2D eigenvalue weighted by molar-refractivity contribution is 9.10. The van der Waals surface area contributed by atoms with Crippen molar-refractivity contribution in [2.45, 2.75) is 33.2 Å². The number of aryl methyl sites for hydroxylation is 1. The van der Waals surface area contributed by atoms with Gasteiger partial charge < -0.3 is 0 Å². The van der Waals surface area contributed by atoms with Crippen LogP contribution in [0.1, 0.15) is 37.4 Å². The van der Waals surface area contributed by atoms with Crippen molar-refractivity contribution in [2.75, 3.05) is 0 Å². The van der Waals surface area contributed by atoms with Gasteiger partial charge in [-0.3, -0.25) is 11.3 Å². The van der Waals surface area contributed by atoms with Gasteiger partial charge in [0.15, 0.2) is 0 Å². The van der Waals surface area contributed by atoms with Gasteiger partial charge in [-0.25, -0.2) is 0 Å². The molecule has 2 unspecified atom stereocenters. The molecule has 0 aliphatic carbocycles. The molecular formula is C12H19BrN2. The number of nitrogens with one attached hydrogen (secondary N) is 1. The van der Waals surface area contributed by atoms with Crippen LogP contribution in [0.5, 0.6) is 0 Å². The molecule has 2 nitrogen and oxygen atoms in total. The van der Waals surface area contributed by atoms with E-state index in [0.717, 1.165) is 10.9 Å². The van der Waals surface area contributed by atoms with Gasteiger partial charge in [-0.15, -0.1) is 0 Å². The minimum absolute atomic E-state index is 0.238. The van der Waals surface area contributed by atoms with Gasteiger partial charge in [0, 0.05) is 10.5 Å². The van der Waals surface area contributed by atoms with Gasteiger partial charge >= 0.3 is 0 Å². The number of rotatable bonds is 4. The van der Waals surface area contributed by atoms with Crippen LogP contribution in [0.4, 0.5) is 0 Å². The van der Waals surface area contributed by atoms with E-state index in [4.69, 9.17) is 5.84 Å². The summed E-state index contributed by atoms with van der Waals surface area (Å²) in [5.41, 5.74) is 5.40. The first-order valence-electron chi connectivity index (χ1n) is 5.32. The summed E-state index contributed by atoms with van der Waals surface area (Å²) in [6, 6.07) is 6.62. The third-order valence-electron chi connectivity index (χ3n) is 2.93. The molecule has 0 spiro atoms. The van der Waals surface area contributed by atoms with Gasteiger partial charge in [0.05, 0.1) is 0 Å². The van der Waals surface area contributed by atoms with Crippen molar-refractivity contribution in [3.63, 3.8) is 0 Å². The smallest absolute Gasteiger partial charge is 0.0485 e. The zero-order valence-electron chi connectivity index (χ0n) is 9.55. The van der Waals surface area contributed by atoms with E-state index in [0.29, 0.717) is 5.92 Å². The molecule has 3 heteroatoms. The topological polar surface area (TPSA) is 38.0 Å². The second kappa shape index (κ2) is 5.64. The minimum Gasteiger partial charge on any atom is -0.271 e. The highest BCUT2D eigenvalue weighted by Gasteiger charge is 2.16. The van der Waals surface area contributed by atoms with Crippen LogP contribution < -0.4 is 11.3 Å². The summed E-state index contributed by atoms with van der Waals surface area (Å²) < 4.78 is 1.14. The highest BCUT2D eigenvalue weighted by atomic mass is 79.9. The summed E-state index contributed by atoms with van der Waals surface area (Å²) >= 11 is 3.50. The largest absolute Gasteiger partial charge is 0.271 e. The first kappa shape index (κ1) is 12.7. The quantitative estimate of drug-likeness (QED) is 0.651. The van der Waals surface area contributed by atoms with E-state index in [2.05, 4.69) is 60.3 Å². The zero-order valence-corrected chi connectivity index (χ0v) is 11.1. The molecule has 3 N–H and O–H groups in total. The van der Waals surface area contributed by atoms with Crippen LogP contribution >= 0.6 is 15.9 Å². The summed E-state index contributed by atoms with van der Waals surface area (Å²) in [7, 11) is 0. The third kappa shape index (κ3) is 3.03. The summed E-state index contributed by atoms with van der Waals surface area (Å²) in [6.07, 6.45) is 1.12. The van der Waals surface area contributed by atoms with Gasteiger partial charge in [0.25, 0.3) is 0 Å². The summed E-state index contributed by atoms with van der Waals surface area (Å²) in [4.78, 5) is 0. The Morgan fingerprint density at radius 3 is 2.60 bits per heavy atom. The molecule has 0 fully saturated rings. The van der Waals surface area contributed by atoms with E-state index in [1.54, 1.807) is 0 Å². The van der Waals surface area contributed by atoms with Crippen LogP contribution in [0.2, 0.25) is 0 Å². The normalized spacial score (nSPS) is 15.0. The molecule has 0 aliphatic rings. The molecule has 0 aromatic heterocycles. The van der Waals surface area contributed by atoms with Crippen molar-refractivity contribution < 1.29 is 0 Å². The van der Waals surface area contributed by atoms with E-state index in [-0.39, 0.29) is 6.04 Å². The standard InChI is InChI=1S/C12H19BrN2/c1-4-8(2)12(15-14)10-5-6-11(13)9(3)7-10/h5-8,12,15H,4,14H2,1-3H3. The Morgan fingerprint density at radius 1 is 1.47 bits per heavy atom. The average molecular weight is 271 g/mol. The maximum Gasteiger partial charge on any atom is 0.0485 e. The molecule has 2 atom stereocenters. The number of halogens is 1. The molecule has 0 saturated heterocycles. The summed E-state index contributed by atoms with van der Waals surface area (Å²) in [6.45, 7) is 6.49. The lowest BCUT2D eigenvalue weighted by Crippen LogP contribution is -2.32. The van der Waals surface area contributed by atoms with E-state index in [9.17, 15) is 0 Å². The van der Waals surface area contributed by atoms with Crippen LogP contribution in [-0.2, 0) is 0 Å². The molecule has 1 aromatic carbocycles. The van der Waals surface area contributed by atoms with E-state index in [1.807, 2.05) is 0 Å².